The largest absolute Gasteiger partial charge is 0.338 e. The summed E-state index contributed by atoms with van der Waals surface area (Å²) in [6.07, 6.45) is 1.27. The molecule has 0 aromatic carbocycles. The minimum atomic E-state index is -0.0257. The Balaban J connectivity index is 2.63. The molecule has 1 amide bonds. The first-order valence-corrected chi connectivity index (χ1v) is 6.85. The van der Waals surface area contributed by atoms with Crippen molar-refractivity contribution in [2.75, 3.05) is 7.05 Å². The highest BCUT2D eigenvalue weighted by Gasteiger charge is 2.19. The molecule has 2 atom stereocenters. The second kappa shape index (κ2) is 6.17. The molecule has 4 heteroatoms. The van der Waals surface area contributed by atoms with E-state index in [1.807, 2.05) is 14.0 Å². The molecule has 0 bridgehead atoms. The van der Waals surface area contributed by atoms with E-state index < -0.39 is 0 Å². The number of rotatable bonds is 5. The van der Waals surface area contributed by atoms with Crippen LogP contribution in [0.5, 0.6) is 0 Å². The van der Waals surface area contributed by atoms with Crippen LogP contribution >= 0.6 is 11.3 Å². The number of aryl methyl sites for hydroxylation is 1. The molecule has 1 aromatic rings. The van der Waals surface area contributed by atoms with Crippen LogP contribution in [0.1, 0.15) is 42.5 Å². The highest BCUT2D eigenvalue weighted by molar-refractivity contribution is 7.12. The van der Waals surface area contributed by atoms with Gasteiger partial charge in [-0.2, -0.15) is 0 Å². The zero-order valence-corrected chi connectivity index (χ0v) is 11.9. The van der Waals surface area contributed by atoms with Crippen LogP contribution in [0.15, 0.2) is 12.1 Å². The Morgan fingerprint density at radius 2 is 2.18 bits per heavy atom. The normalized spacial score (nSPS) is 14.4. The van der Waals surface area contributed by atoms with Crippen LogP contribution in [-0.4, -0.2) is 23.9 Å². The Bertz CT molecular complexity index is 375. The predicted molar refractivity (Wildman–Crippen MR) is 73.1 cm³/mol. The first-order chi connectivity index (χ1) is 7.95. The second-order valence-electron chi connectivity index (χ2n) is 4.50. The number of nitrogens with zero attached hydrogens (tertiary/aromatic N) is 1. The molecular weight excluding hydrogens is 232 g/mol. The summed E-state index contributed by atoms with van der Waals surface area (Å²) >= 11 is 1.74. The Kier molecular flexibility index (Phi) is 5.15. The van der Waals surface area contributed by atoms with Crippen LogP contribution < -0.4 is 5.73 Å². The third kappa shape index (κ3) is 3.82. The highest BCUT2D eigenvalue weighted by atomic mass is 32.1. The molecule has 0 aliphatic rings. The van der Waals surface area contributed by atoms with Crippen molar-refractivity contribution in [1.82, 2.24) is 4.90 Å². The molecule has 96 valence electrons. The maximum atomic E-state index is 12.0. The number of carbonyl (C=O) groups is 1. The van der Waals surface area contributed by atoms with Gasteiger partial charge in [-0.15, -0.1) is 11.3 Å². The van der Waals surface area contributed by atoms with E-state index in [4.69, 9.17) is 5.73 Å². The summed E-state index contributed by atoms with van der Waals surface area (Å²) in [6, 6.07) is 4.29. The fourth-order valence-corrected chi connectivity index (χ4v) is 2.57. The first-order valence-electron chi connectivity index (χ1n) is 6.03. The minimum Gasteiger partial charge on any atom is -0.338 e. The van der Waals surface area contributed by atoms with E-state index in [0.29, 0.717) is 6.42 Å². The van der Waals surface area contributed by atoms with E-state index in [-0.39, 0.29) is 18.0 Å². The van der Waals surface area contributed by atoms with Gasteiger partial charge in [-0.05, 0) is 32.4 Å². The number of thiophene rings is 1. The van der Waals surface area contributed by atoms with Crippen molar-refractivity contribution >= 4 is 17.2 Å². The van der Waals surface area contributed by atoms with Gasteiger partial charge < -0.3 is 10.6 Å². The molecule has 2 N–H and O–H groups in total. The lowest BCUT2D eigenvalue weighted by atomic mass is 10.1. The Hall–Kier alpha value is -0.870. The lowest BCUT2D eigenvalue weighted by molar-refractivity contribution is -0.132. The van der Waals surface area contributed by atoms with Crippen LogP contribution in [0.4, 0.5) is 0 Å². The molecule has 0 saturated heterocycles. The fourth-order valence-electron chi connectivity index (χ4n) is 1.60. The average molecular weight is 254 g/mol. The van der Waals surface area contributed by atoms with Gasteiger partial charge in [-0.1, -0.05) is 6.92 Å². The monoisotopic (exact) mass is 254 g/mol. The van der Waals surface area contributed by atoms with Gasteiger partial charge in [0.1, 0.15) is 0 Å². The number of carbonyl (C=O) groups excluding carboxylic acids is 1. The van der Waals surface area contributed by atoms with Crippen molar-refractivity contribution < 1.29 is 4.79 Å². The van der Waals surface area contributed by atoms with Gasteiger partial charge in [-0.25, -0.2) is 0 Å². The van der Waals surface area contributed by atoms with Crippen LogP contribution in [0, 0.1) is 6.92 Å². The van der Waals surface area contributed by atoms with Gasteiger partial charge in [-0.3, -0.25) is 4.79 Å². The van der Waals surface area contributed by atoms with Crippen molar-refractivity contribution in [3.8, 4) is 0 Å². The number of hydrogen-bond donors (Lipinski definition) is 1. The fraction of sp³-hybridized carbons (Fsp3) is 0.615. The van der Waals surface area contributed by atoms with Crippen LogP contribution in [-0.2, 0) is 4.79 Å². The molecule has 1 aromatic heterocycles. The van der Waals surface area contributed by atoms with Gasteiger partial charge in [0, 0.05) is 29.3 Å². The first kappa shape index (κ1) is 14.2. The molecule has 0 radical (unpaired) electrons. The third-order valence-electron chi connectivity index (χ3n) is 3.11. The smallest absolute Gasteiger partial charge is 0.224 e. The minimum absolute atomic E-state index is 0.0257. The molecule has 0 aliphatic heterocycles. The van der Waals surface area contributed by atoms with E-state index in [2.05, 4.69) is 26.0 Å². The van der Waals surface area contributed by atoms with Crippen molar-refractivity contribution in [3.63, 3.8) is 0 Å². The maximum Gasteiger partial charge on any atom is 0.224 e. The molecule has 3 nitrogen and oxygen atoms in total. The summed E-state index contributed by atoms with van der Waals surface area (Å²) in [5.74, 6) is 0.123. The van der Waals surface area contributed by atoms with Gasteiger partial charge in [0.15, 0.2) is 0 Å². The van der Waals surface area contributed by atoms with E-state index in [1.54, 1.807) is 16.2 Å². The molecular formula is C13H22N2OS. The molecule has 1 rings (SSSR count). The maximum absolute atomic E-state index is 12.0. The Labute approximate surface area is 108 Å². The third-order valence-corrected chi connectivity index (χ3v) is 4.28. The summed E-state index contributed by atoms with van der Waals surface area (Å²) in [7, 11) is 1.85. The summed E-state index contributed by atoms with van der Waals surface area (Å²) in [4.78, 5) is 16.3. The summed E-state index contributed by atoms with van der Waals surface area (Å²) in [5.41, 5.74) is 5.81. The lowest BCUT2D eigenvalue weighted by Gasteiger charge is -2.25. The summed E-state index contributed by atoms with van der Waals surface area (Å²) in [5, 5.41) is 0. The van der Waals surface area contributed by atoms with Crippen molar-refractivity contribution in [1.29, 1.82) is 0 Å². The second-order valence-corrected chi connectivity index (χ2v) is 5.82. The molecule has 2 unspecified atom stereocenters. The van der Waals surface area contributed by atoms with E-state index >= 15 is 0 Å². The standard InChI is InChI=1S/C13H22N2OS/c1-5-11(14)8-13(16)15(4)10(3)12-7-6-9(2)17-12/h6-7,10-11H,5,8,14H2,1-4H3. The molecule has 0 fully saturated rings. The Morgan fingerprint density at radius 1 is 1.53 bits per heavy atom. The van der Waals surface area contributed by atoms with Gasteiger partial charge in [0.05, 0.1) is 6.04 Å². The number of nitrogens with two attached hydrogens (primary N) is 1. The zero-order valence-electron chi connectivity index (χ0n) is 11.1. The molecule has 1 heterocycles. The topological polar surface area (TPSA) is 46.3 Å². The van der Waals surface area contributed by atoms with Crippen molar-refractivity contribution in [2.24, 2.45) is 5.73 Å². The summed E-state index contributed by atoms with van der Waals surface area (Å²) in [6.45, 7) is 6.14. The number of hydrogen-bond acceptors (Lipinski definition) is 3. The number of amides is 1. The van der Waals surface area contributed by atoms with Crippen LogP contribution in [0.2, 0.25) is 0 Å². The average Bonchev–Trinajstić information content (AvgIpc) is 2.73. The quantitative estimate of drug-likeness (QED) is 0.878. The molecule has 0 aliphatic carbocycles. The van der Waals surface area contributed by atoms with Crippen LogP contribution in [0.3, 0.4) is 0 Å². The van der Waals surface area contributed by atoms with Crippen molar-refractivity contribution in [2.45, 2.75) is 45.7 Å². The molecule has 0 saturated carbocycles. The van der Waals surface area contributed by atoms with E-state index in [1.165, 1.54) is 9.75 Å². The SMILES string of the molecule is CCC(N)CC(=O)N(C)C(C)c1ccc(C)s1. The van der Waals surface area contributed by atoms with Gasteiger partial charge >= 0.3 is 0 Å². The lowest BCUT2D eigenvalue weighted by Crippen LogP contribution is -2.34. The zero-order chi connectivity index (χ0) is 13.0. The van der Waals surface area contributed by atoms with Crippen LogP contribution in [0.25, 0.3) is 0 Å². The summed E-state index contributed by atoms with van der Waals surface area (Å²) < 4.78 is 0. The van der Waals surface area contributed by atoms with Crippen molar-refractivity contribution in [3.05, 3.63) is 21.9 Å². The highest BCUT2D eigenvalue weighted by Crippen LogP contribution is 2.26. The molecule has 17 heavy (non-hydrogen) atoms. The van der Waals surface area contributed by atoms with Gasteiger partial charge in [0.2, 0.25) is 5.91 Å². The molecule has 0 spiro atoms. The predicted octanol–water partition coefficient (Wildman–Crippen LogP) is 2.70. The van der Waals surface area contributed by atoms with Gasteiger partial charge in [0.25, 0.3) is 0 Å². The van der Waals surface area contributed by atoms with E-state index in [9.17, 15) is 4.79 Å². The van der Waals surface area contributed by atoms with E-state index in [0.717, 1.165) is 6.42 Å². The Morgan fingerprint density at radius 3 is 2.65 bits per heavy atom.